The highest BCUT2D eigenvalue weighted by Crippen LogP contribution is 2.20. The van der Waals surface area contributed by atoms with Crippen LogP contribution in [0.25, 0.3) is 0 Å². The summed E-state index contributed by atoms with van der Waals surface area (Å²) in [5.74, 6) is 1.52. The van der Waals surface area contributed by atoms with E-state index < -0.39 is 0 Å². The molecule has 2 aromatic carbocycles. The highest BCUT2D eigenvalue weighted by molar-refractivity contribution is 7.09. The molecule has 0 atom stereocenters. The summed E-state index contributed by atoms with van der Waals surface area (Å²) in [5, 5.41) is 3.46. The van der Waals surface area contributed by atoms with Crippen LogP contribution in [0.3, 0.4) is 0 Å². The molecule has 0 saturated heterocycles. The Morgan fingerprint density at radius 1 is 1.10 bits per heavy atom. The number of rotatable bonds is 9. The van der Waals surface area contributed by atoms with Crippen LogP contribution in [-0.2, 0) is 13.2 Å². The fourth-order valence-electron chi connectivity index (χ4n) is 2.80. The molecule has 3 rings (SSSR count). The van der Waals surface area contributed by atoms with E-state index in [0.29, 0.717) is 30.3 Å². The van der Waals surface area contributed by atoms with E-state index in [1.807, 2.05) is 34.5 Å². The molecule has 0 radical (unpaired) electrons. The van der Waals surface area contributed by atoms with Crippen molar-refractivity contribution in [1.29, 1.82) is 0 Å². The highest BCUT2D eigenvalue weighted by atomic mass is 35.5. The molecule has 1 aromatic heterocycles. The molecule has 5 nitrogen and oxygen atoms in total. The Kier molecular flexibility index (Phi) is 7.49. The molecule has 7 heteroatoms. The van der Waals surface area contributed by atoms with Gasteiger partial charge < -0.3 is 14.4 Å². The standard InChI is InChI=1S/C22H23ClN2O3S/c1-3-12-25(22(26)16-4-6-17(23)7-5-16)13-18-15-29-21(24-18)14-28-20-10-8-19(27-2)9-11-20/h4-11,15H,3,12-14H2,1-2H3. The number of benzene rings is 2. The fraction of sp³-hybridized carbons (Fsp3) is 0.273. The summed E-state index contributed by atoms with van der Waals surface area (Å²) < 4.78 is 10.9. The monoisotopic (exact) mass is 430 g/mol. The summed E-state index contributed by atoms with van der Waals surface area (Å²) in [6, 6.07) is 14.4. The van der Waals surface area contributed by atoms with Crippen LogP contribution in [0.4, 0.5) is 0 Å². The van der Waals surface area contributed by atoms with Crippen molar-refractivity contribution in [3.8, 4) is 11.5 Å². The summed E-state index contributed by atoms with van der Waals surface area (Å²) in [4.78, 5) is 19.3. The van der Waals surface area contributed by atoms with Gasteiger partial charge in [-0.15, -0.1) is 11.3 Å². The minimum atomic E-state index is -0.0208. The maximum absolute atomic E-state index is 12.8. The van der Waals surface area contributed by atoms with Crippen molar-refractivity contribution < 1.29 is 14.3 Å². The van der Waals surface area contributed by atoms with Crippen molar-refractivity contribution >= 4 is 28.8 Å². The van der Waals surface area contributed by atoms with Crippen molar-refractivity contribution in [2.45, 2.75) is 26.5 Å². The fourth-order valence-corrected chi connectivity index (χ4v) is 3.62. The van der Waals surface area contributed by atoms with Crippen molar-refractivity contribution in [3.63, 3.8) is 0 Å². The van der Waals surface area contributed by atoms with Gasteiger partial charge in [0.05, 0.1) is 19.3 Å². The zero-order valence-electron chi connectivity index (χ0n) is 16.4. The van der Waals surface area contributed by atoms with Crippen molar-refractivity contribution in [3.05, 3.63) is 75.2 Å². The molecule has 152 valence electrons. The first kappa shape index (κ1) is 21.1. The first-order chi connectivity index (χ1) is 14.1. The lowest BCUT2D eigenvalue weighted by Gasteiger charge is -2.21. The number of thiazole rings is 1. The van der Waals surface area contributed by atoms with Gasteiger partial charge in [-0.3, -0.25) is 4.79 Å². The topological polar surface area (TPSA) is 51.7 Å². The van der Waals surface area contributed by atoms with E-state index in [0.717, 1.165) is 28.6 Å². The van der Waals surface area contributed by atoms with Crippen LogP contribution in [0, 0.1) is 0 Å². The summed E-state index contributed by atoms with van der Waals surface area (Å²) in [5.41, 5.74) is 1.49. The lowest BCUT2D eigenvalue weighted by Crippen LogP contribution is -2.31. The van der Waals surface area contributed by atoms with Gasteiger partial charge in [0.2, 0.25) is 0 Å². The van der Waals surface area contributed by atoms with E-state index in [9.17, 15) is 4.79 Å². The van der Waals surface area contributed by atoms with Gasteiger partial charge in [-0.05, 0) is 55.0 Å². The molecule has 0 fully saturated rings. The Morgan fingerprint density at radius 2 is 1.79 bits per heavy atom. The van der Waals surface area contributed by atoms with Crippen LogP contribution in [0.2, 0.25) is 5.02 Å². The molecule has 29 heavy (non-hydrogen) atoms. The first-order valence-corrected chi connectivity index (χ1v) is 10.6. The SMILES string of the molecule is CCCN(Cc1csc(COc2ccc(OC)cc2)n1)C(=O)c1ccc(Cl)cc1. The maximum Gasteiger partial charge on any atom is 0.254 e. The number of carbonyl (C=O) groups is 1. The summed E-state index contributed by atoms with van der Waals surface area (Å²) in [7, 11) is 1.63. The highest BCUT2D eigenvalue weighted by Gasteiger charge is 2.17. The van der Waals surface area contributed by atoms with E-state index in [2.05, 4.69) is 11.9 Å². The molecule has 0 aliphatic rings. The minimum absolute atomic E-state index is 0.0208. The van der Waals surface area contributed by atoms with Crippen LogP contribution in [-0.4, -0.2) is 29.4 Å². The molecular weight excluding hydrogens is 408 g/mol. The second kappa shape index (κ2) is 10.3. The number of hydrogen-bond acceptors (Lipinski definition) is 5. The molecular formula is C22H23ClN2O3S. The number of nitrogens with zero attached hydrogens (tertiary/aromatic N) is 2. The molecule has 3 aromatic rings. The van der Waals surface area contributed by atoms with Crippen LogP contribution in [0.5, 0.6) is 11.5 Å². The average molecular weight is 431 g/mol. The Morgan fingerprint density at radius 3 is 2.45 bits per heavy atom. The lowest BCUT2D eigenvalue weighted by atomic mass is 10.2. The number of aromatic nitrogens is 1. The molecule has 1 amide bonds. The summed E-state index contributed by atoms with van der Waals surface area (Å²) >= 11 is 7.46. The van der Waals surface area contributed by atoms with Crippen molar-refractivity contribution in [2.75, 3.05) is 13.7 Å². The molecule has 0 unspecified atom stereocenters. The second-order valence-electron chi connectivity index (χ2n) is 6.43. The van der Waals surface area contributed by atoms with E-state index in [-0.39, 0.29) is 5.91 Å². The van der Waals surface area contributed by atoms with Crippen molar-refractivity contribution in [2.24, 2.45) is 0 Å². The third kappa shape index (κ3) is 5.95. The Labute approximate surface area is 179 Å². The van der Waals surface area contributed by atoms with Gasteiger partial charge in [-0.25, -0.2) is 4.98 Å². The van der Waals surface area contributed by atoms with Crippen LogP contribution in [0.1, 0.15) is 34.4 Å². The van der Waals surface area contributed by atoms with Gasteiger partial charge in [0.1, 0.15) is 23.1 Å². The molecule has 0 spiro atoms. The largest absolute Gasteiger partial charge is 0.497 e. The molecule has 0 N–H and O–H groups in total. The van der Waals surface area contributed by atoms with E-state index >= 15 is 0 Å². The number of carbonyl (C=O) groups excluding carboxylic acids is 1. The number of halogens is 1. The van der Waals surface area contributed by atoms with Crippen molar-refractivity contribution in [1.82, 2.24) is 9.88 Å². The summed E-state index contributed by atoms with van der Waals surface area (Å²) in [6.07, 6.45) is 0.872. The average Bonchev–Trinajstić information content (AvgIpc) is 3.20. The van der Waals surface area contributed by atoms with Gasteiger partial charge in [0.25, 0.3) is 5.91 Å². The van der Waals surface area contributed by atoms with E-state index in [4.69, 9.17) is 21.1 Å². The number of ether oxygens (including phenoxy) is 2. The predicted octanol–water partition coefficient (Wildman–Crippen LogP) is 5.44. The third-order valence-corrected chi connectivity index (χ3v) is 5.37. The summed E-state index contributed by atoms with van der Waals surface area (Å²) in [6.45, 7) is 3.57. The van der Waals surface area contributed by atoms with Crippen LogP contribution in [0.15, 0.2) is 53.9 Å². The predicted molar refractivity (Wildman–Crippen MR) is 116 cm³/mol. The van der Waals surface area contributed by atoms with Crippen LogP contribution < -0.4 is 9.47 Å². The Balaban J connectivity index is 1.61. The maximum atomic E-state index is 12.8. The van der Waals surface area contributed by atoms with Gasteiger partial charge in [-0.2, -0.15) is 0 Å². The van der Waals surface area contributed by atoms with E-state index in [1.165, 1.54) is 11.3 Å². The zero-order chi connectivity index (χ0) is 20.6. The van der Waals surface area contributed by atoms with Gasteiger partial charge in [0, 0.05) is 22.5 Å². The molecule has 0 aliphatic carbocycles. The minimum Gasteiger partial charge on any atom is -0.497 e. The smallest absolute Gasteiger partial charge is 0.254 e. The Bertz CT molecular complexity index is 926. The number of hydrogen-bond donors (Lipinski definition) is 0. The third-order valence-electron chi connectivity index (χ3n) is 4.25. The number of methoxy groups -OCH3 is 1. The Hall–Kier alpha value is -2.57. The molecule has 0 aliphatic heterocycles. The lowest BCUT2D eigenvalue weighted by molar-refractivity contribution is 0.0741. The van der Waals surface area contributed by atoms with Crippen LogP contribution >= 0.6 is 22.9 Å². The molecule has 0 saturated carbocycles. The van der Waals surface area contributed by atoms with Gasteiger partial charge >= 0.3 is 0 Å². The second-order valence-corrected chi connectivity index (χ2v) is 7.81. The van der Waals surface area contributed by atoms with Gasteiger partial charge in [-0.1, -0.05) is 18.5 Å². The zero-order valence-corrected chi connectivity index (χ0v) is 18.0. The first-order valence-electron chi connectivity index (χ1n) is 9.34. The quantitative estimate of drug-likeness (QED) is 0.453. The normalized spacial score (nSPS) is 10.6. The molecule has 1 heterocycles. The van der Waals surface area contributed by atoms with E-state index in [1.54, 1.807) is 31.4 Å². The number of amides is 1. The molecule has 0 bridgehead atoms. The van der Waals surface area contributed by atoms with Gasteiger partial charge in [0.15, 0.2) is 0 Å².